The Morgan fingerprint density at radius 1 is 1.71 bits per heavy atom. The number of thiophene rings is 1. The summed E-state index contributed by atoms with van der Waals surface area (Å²) >= 11 is 1.72. The van der Waals surface area contributed by atoms with Crippen molar-refractivity contribution < 1.29 is 9.53 Å². The summed E-state index contributed by atoms with van der Waals surface area (Å²) in [5.41, 5.74) is 0. The zero-order chi connectivity index (χ0) is 12.1. The van der Waals surface area contributed by atoms with Crippen LogP contribution in [0.1, 0.15) is 11.8 Å². The molecule has 0 saturated carbocycles. The summed E-state index contributed by atoms with van der Waals surface area (Å²) in [6.07, 6.45) is 0.844. The van der Waals surface area contributed by atoms with Gasteiger partial charge in [-0.05, 0) is 24.8 Å². The Hall–Kier alpha value is -0.910. The van der Waals surface area contributed by atoms with E-state index in [1.165, 1.54) is 4.88 Å². The summed E-state index contributed by atoms with van der Waals surface area (Å²) in [5.74, 6) is 0.0359. The van der Waals surface area contributed by atoms with Crippen molar-refractivity contribution >= 4 is 17.2 Å². The van der Waals surface area contributed by atoms with Gasteiger partial charge in [0.25, 0.3) is 0 Å². The van der Waals surface area contributed by atoms with Crippen LogP contribution in [0.5, 0.6) is 0 Å². The number of nitrogens with one attached hydrogen (secondary N) is 2. The van der Waals surface area contributed by atoms with Crippen LogP contribution in [0.4, 0.5) is 0 Å². The van der Waals surface area contributed by atoms with Crippen LogP contribution in [0.3, 0.4) is 0 Å². The first-order valence-electron chi connectivity index (χ1n) is 5.92. The maximum absolute atomic E-state index is 11.9. The molecule has 2 heterocycles. The Morgan fingerprint density at radius 2 is 2.59 bits per heavy atom. The fourth-order valence-corrected chi connectivity index (χ4v) is 2.61. The minimum absolute atomic E-state index is 0.0359. The lowest BCUT2D eigenvalue weighted by Gasteiger charge is -2.29. The van der Waals surface area contributed by atoms with Crippen molar-refractivity contribution in [2.45, 2.75) is 25.5 Å². The topological polar surface area (TPSA) is 50.4 Å². The predicted octanol–water partition coefficient (Wildman–Crippen LogP) is 0.784. The Labute approximate surface area is 105 Å². The van der Waals surface area contributed by atoms with Crippen LogP contribution < -0.4 is 10.6 Å². The molecule has 2 atom stereocenters. The lowest BCUT2D eigenvalue weighted by molar-refractivity contribution is -0.128. The van der Waals surface area contributed by atoms with Crippen molar-refractivity contribution in [1.82, 2.24) is 10.6 Å². The molecule has 1 saturated heterocycles. The van der Waals surface area contributed by atoms with Crippen molar-refractivity contribution in [3.63, 3.8) is 0 Å². The largest absolute Gasteiger partial charge is 0.375 e. The summed E-state index contributed by atoms with van der Waals surface area (Å²) in [6, 6.07) is 3.90. The smallest absolute Gasteiger partial charge is 0.239 e. The van der Waals surface area contributed by atoms with Crippen molar-refractivity contribution in [1.29, 1.82) is 0 Å². The molecule has 0 unspecified atom stereocenters. The first kappa shape index (κ1) is 12.5. The minimum atomic E-state index is -0.216. The molecule has 1 aromatic rings. The Morgan fingerprint density at radius 3 is 3.29 bits per heavy atom. The molecule has 0 radical (unpaired) electrons. The molecule has 1 aliphatic rings. The molecule has 1 aromatic heterocycles. The fourth-order valence-electron chi connectivity index (χ4n) is 1.90. The second kappa shape index (κ2) is 6.14. The van der Waals surface area contributed by atoms with Crippen LogP contribution in [0.25, 0.3) is 0 Å². The van der Waals surface area contributed by atoms with E-state index in [0.29, 0.717) is 13.2 Å². The molecule has 0 bridgehead atoms. The van der Waals surface area contributed by atoms with Crippen LogP contribution >= 0.6 is 11.3 Å². The molecule has 5 heteroatoms. The van der Waals surface area contributed by atoms with E-state index >= 15 is 0 Å². The Bertz CT molecular complexity index is 353. The van der Waals surface area contributed by atoms with E-state index in [9.17, 15) is 4.79 Å². The molecule has 4 nitrogen and oxygen atoms in total. The van der Waals surface area contributed by atoms with Crippen LogP contribution in [-0.2, 0) is 16.0 Å². The summed E-state index contributed by atoms with van der Waals surface area (Å²) in [7, 11) is 0. The molecule has 1 aliphatic heterocycles. The zero-order valence-electron chi connectivity index (χ0n) is 9.94. The third kappa shape index (κ3) is 3.52. The normalized spacial score (nSPS) is 24.5. The third-order valence-corrected chi connectivity index (χ3v) is 3.79. The molecular weight excluding hydrogens is 236 g/mol. The van der Waals surface area contributed by atoms with Gasteiger partial charge < -0.3 is 15.4 Å². The van der Waals surface area contributed by atoms with E-state index in [1.807, 2.05) is 13.0 Å². The summed E-state index contributed by atoms with van der Waals surface area (Å²) in [4.78, 5) is 13.2. The van der Waals surface area contributed by atoms with Gasteiger partial charge in [0.1, 0.15) is 6.04 Å². The average molecular weight is 254 g/mol. The van der Waals surface area contributed by atoms with Crippen LogP contribution in [-0.4, -0.2) is 37.7 Å². The van der Waals surface area contributed by atoms with Gasteiger partial charge in [-0.3, -0.25) is 4.79 Å². The van der Waals surface area contributed by atoms with Crippen LogP contribution in [0.2, 0.25) is 0 Å². The Kier molecular flexibility index (Phi) is 4.53. The van der Waals surface area contributed by atoms with Gasteiger partial charge in [-0.1, -0.05) is 6.07 Å². The average Bonchev–Trinajstić information content (AvgIpc) is 2.82. The van der Waals surface area contributed by atoms with Gasteiger partial charge in [0.15, 0.2) is 0 Å². The number of morpholine rings is 1. The number of carbonyl (C=O) groups is 1. The number of hydrogen-bond acceptors (Lipinski definition) is 4. The molecule has 2 rings (SSSR count). The van der Waals surface area contributed by atoms with Gasteiger partial charge in [-0.2, -0.15) is 0 Å². The predicted molar refractivity (Wildman–Crippen MR) is 68.2 cm³/mol. The molecule has 0 aromatic carbocycles. The van der Waals surface area contributed by atoms with E-state index in [-0.39, 0.29) is 18.1 Å². The van der Waals surface area contributed by atoms with Gasteiger partial charge in [-0.15, -0.1) is 11.3 Å². The van der Waals surface area contributed by atoms with Crippen LogP contribution in [0, 0.1) is 0 Å². The molecule has 0 spiro atoms. The van der Waals surface area contributed by atoms with E-state index < -0.39 is 0 Å². The maximum atomic E-state index is 11.9. The summed E-state index contributed by atoms with van der Waals surface area (Å²) in [6.45, 7) is 4.04. The van der Waals surface area contributed by atoms with Gasteiger partial charge >= 0.3 is 0 Å². The molecule has 94 valence electrons. The zero-order valence-corrected chi connectivity index (χ0v) is 10.8. The van der Waals surface area contributed by atoms with Gasteiger partial charge in [-0.25, -0.2) is 0 Å². The van der Waals surface area contributed by atoms with Gasteiger partial charge in [0.2, 0.25) is 5.91 Å². The monoisotopic (exact) mass is 254 g/mol. The number of amides is 1. The lowest BCUT2D eigenvalue weighted by Crippen LogP contribution is -2.55. The molecule has 17 heavy (non-hydrogen) atoms. The van der Waals surface area contributed by atoms with Crippen molar-refractivity contribution in [2.75, 3.05) is 19.7 Å². The van der Waals surface area contributed by atoms with E-state index in [0.717, 1.165) is 13.0 Å². The van der Waals surface area contributed by atoms with E-state index in [1.54, 1.807) is 11.3 Å². The first-order valence-corrected chi connectivity index (χ1v) is 6.80. The number of hydrogen-bond donors (Lipinski definition) is 2. The van der Waals surface area contributed by atoms with Gasteiger partial charge in [0.05, 0.1) is 12.7 Å². The summed E-state index contributed by atoms with van der Waals surface area (Å²) < 4.78 is 5.44. The highest BCUT2D eigenvalue weighted by Gasteiger charge is 2.27. The highest BCUT2D eigenvalue weighted by molar-refractivity contribution is 7.09. The van der Waals surface area contributed by atoms with Crippen molar-refractivity contribution in [3.05, 3.63) is 22.4 Å². The first-order chi connectivity index (χ1) is 8.27. The third-order valence-electron chi connectivity index (χ3n) is 2.85. The van der Waals surface area contributed by atoms with E-state index in [4.69, 9.17) is 4.74 Å². The highest BCUT2D eigenvalue weighted by Crippen LogP contribution is 2.08. The second-order valence-electron chi connectivity index (χ2n) is 4.13. The van der Waals surface area contributed by atoms with Gasteiger partial charge in [0, 0.05) is 18.0 Å². The SMILES string of the molecule is C[C@H]1OCCN[C@@H]1C(=O)NCCc1cccs1. The number of ether oxygens (including phenoxy) is 1. The molecule has 1 fully saturated rings. The van der Waals surface area contributed by atoms with Crippen molar-refractivity contribution in [3.8, 4) is 0 Å². The van der Waals surface area contributed by atoms with E-state index in [2.05, 4.69) is 22.1 Å². The van der Waals surface area contributed by atoms with Crippen LogP contribution in [0.15, 0.2) is 17.5 Å². The lowest BCUT2D eigenvalue weighted by atomic mass is 10.1. The minimum Gasteiger partial charge on any atom is -0.375 e. The van der Waals surface area contributed by atoms with Crippen molar-refractivity contribution in [2.24, 2.45) is 0 Å². The quantitative estimate of drug-likeness (QED) is 0.835. The molecular formula is C12H18N2O2S. The number of carbonyl (C=O) groups excluding carboxylic acids is 1. The molecule has 1 amide bonds. The number of rotatable bonds is 4. The Balaban J connectivity index is 1.73. The summed E-state index contributed by atoms with van der Waals surface area (Å²) in [5, 5.41) is 8.18. The second-order valence-corrected chi connectivity index (χ2v) is 5.16. The molecule has 0 aliphatic carbocycles. The highest BCUT2D eigenvalue weighted by atomic mass is 32.1. The maximum Gasteiger partial charge on any atom is 0.239 e. The molecule has 2 N–H and O–H groups in total. The standard InChI is InChI=1S/C12H18N2O2S/c1-9-11(13-6-7-16-9)12(15)14-5-4-10-3-2-8-17-10/h2-3,8-9,11,13H,4-7H2,1H3,(H,14,15)/t9-,11+/m1/s1. The fraction of sp³-hybridized carbons (Fsp3) is 0.583.